The number of anilines is 3. The van der Waals surface area contributed by atoms with Crippen LogP contribution in [0.4, 0.5) is 17.1 Å². The molecular formula is C66H46N2. The lowest BCUT2D eigenvalue weighted by molar-refractivity contribution is 1.18. The van der Waals surface area contributed by atoms with Crippen LogP contribution in [0.2, 0.25) is 0 Å². The number of nitrogens with zero attached hydrogens (tertiary/aromatic N) is 2. The molecule has 0 aliphatic carbocycles. The molecule has 0 radical (unpaired) electrons. The van der Waals surface area contributed by atoms with Crippen LogP contribution in [-0.4, -0.2) is 4.57 Å². The fourth-order valence-corrected chi connectivity index (χ4v) is 9.86. The lowest BCUT2D eigenvalue weighted by Crippen LogP contribution is -2.09. The van der Waals surface area contributed by atoms with Gasteiger partial charge in [0.25, 0.3) is 0 Å². The molecule has 0 spiro atoms. The number of hydrogen-bond acceptors (Lipinski definition) is 1. The van der Waals surface area contributed by atoms with Crippen molar-refractivity contribution in [3.8, 4) is 72.4 Å². The van der Waals surface area contributed by atoms with Crippen molar-refractivity contribution >= 4 is 38.9 Å². The van der Waals surface area contributed by atoms with E-state index < -0.39 is 0 Å². The molecular weight excluding hydrogens is 821 g/mol. The Bertz CT molecular complexity index is 3480. The Morgan fingerprint density at radius 3 is 0.926 bits per heavy atom. The van der Waals surface area contributed by atoms with Crippen LogP contribution in [0.15, 0.2) is 279 Å². The molecule has 320 valence electrons. The monoisotopic (exact) mass is 866 g/mol. The first-order valence-corrected chi connectivity index (χ1v) is 23.3. The minimum atomic E-state index is 1.08. The van der Waals surface area contributed by atoms with E-state index in [1.165, 1.54) is 83.0 Å². The topological polar surface area (TPSA) is 8.17 Å². The van der Waals surface area contributed by atoms with Gasteiger partial charge in [0.15, 0.2) is 0 Å². The van der Waals surface area contributed by atoms with Crippen molar-refractivity contribution in [2.24, 2.45) is 0 Å². The highest BCUT2D eigenvalue weighted by atomic mass is 15.1. The van der Waals surface area contributed by atoms with Gasteiger partial charge in [-0.25, -0.2) is 0 Å². The van der Waals surface area contributed by atoms with Gasteiger partial charge in [0.05, 0.1) is 16.7 Å². The summed E-state index contributed by atoms with van der Waals surface area (Å²) < 4.78 is 2.42. The van der Waals surface area contributed by atoms with E-state index in [1.807, 2.05) is 0 Å². The zero-order valence-electron chi connectivity index (χ0n) is 37.5. The molecule has 0 saturated carbocycles. The fourth-order valence-electron chi connectivity index (χ4n) is 9.86. The molecule has 0 aliphatic rings. The number of para-hydroxylation sites is 3. The molecule has 0 aliphatic heterocycles. The van der Waals surface area contributed by atoms with Gasteiger partial charge in [-0.05, 0) is 116 Å². The van der Waals surface area contributed by atoms with Crippen molar-refractivity contribution in [2.45, 2.75) is 0 Å². The van der Waals surface area contributed by atoms with E-state index in [1.54, 1.807) is 0 Å². The molecule has 1 aromatic heterocycles. The summed E-state index contributed by atoms with van der Waals surface area (Å²) in [4.78, 5) is 2.36. The minimum absolute atomic E-state index is 1.08. The van der Waals surface area contributed by atoms with Crippen molar-refractivity contribution in [3.05, 3.63) is 279 Å². The first-order chi connectivity index (χ1) is 33.7. The zero-order chi connectivity index (χ0) is 45.2. The minimum Gasteiger partial charge on any atom is -0.311 e. The van der Waals surface area contributed by atoms with E-state index in [0.29, 0.717) is 0 Å². The summed E-state index contributed by atoms with van der Waals surface area (Å²) in [6.45, 7) is 0. The largest absolute Gasteiger partial charge is 0.311 e. The average Bonchev–Trinajstić information content (AvgIpc) is 3.76. The number of rotatable bonds is 10. The van der Waals surface area contributed by atoms with Gasteiger partial charge in [0.2, 0.25) is 0 Å². The standard InChI is InChI=1S/C66H46N2/c1-3-15-47(16-4-1)49-27-31-51(32-28-49)53-35-41-56(42-36-53)67(57-43-37-54(38-44-57)52-33-29-50(30-34-52)48-17-5-2-6-18-48)58-45-39-55(40-46-58)59-19-7-8-20-60(59)61-21-9-12-24-64(61)68-65-25-13-10-22-62(65)63-23-11-14-26-66(63)68/h1-46H. The third kappa shape index (κ3) is 7.64. The summed E-state index contributed by atoms with van der Waals surface area (Å²) in [7, 11) is 0. The van der Waals surface area contributed by atoms with E-state index in [2.05, 4.69) is 289 Å². The van der Waals surface area contributed by atoms with E-state index >= 15 is 0 Å². The summed E-state index contributed by atoms with van der Waals surface area (Å²) in [6.07, 6.45) is 0. The van der Waals surface area contributed by atoms with Gasteiger partial charge < -0.3 is 9.47 Å². The van der Waals surface area contributed by atoms with Gasteiger partial charge in [-0.2, -0.15) is 0 Å². The van der Waals surface area contributed by atoms with Gasteiger partial charge in [-0.1, -0.05) is 224 Å². The van der Waals surface area contributed by atoms with Crippen molar-refractivity contribution in [1.82, 2.24) is 4.57 Å². The van der Waals surface area contributed by atoms with Crippen LogP contribution < -0.4 is 4.90 Å². The molecule has 12 aromatic rings. The molecule has 0 bridgehead atoms. The molecule has 1 heterocycles. The molecule has 0 saturated heterocycles. The summed E-state index contributed by atoms with van der Waals surface area (Å²) >= 11 is 0. The molecule has 0 atom stereocenters. The normalized spacial score (nSPS) is 11.2. The van der Waals surface area contributed by atoms with Crippen LogP contribution in [0, 0.1) is 0 Å². The molecule has 0 unspecified atom stereocenters. The number of benzene rings is 11. The van der Waals surface area contributed by atoms with Crippen molar-refractivity contribution in [3.63, 3.8) is 0 Å². The van der Waals surface area contributed by atoms with Crippen LogP contribution in [-0.2, 0) is 0 Å². The van der Waals surface area contributed by atoms with E-state index in [4.69, 9.17) is 0 Å². The quantitative estimate of drug-likeness (QED) is 0.133. The summed E-state index contributed by atoms with van der Waals surface area (Å²) in [5, 5.41) is 2.51. The van der Waals surface area contributed by atoms with Gasteiger partial charge in [0.1, 0.15) is 0 Å². The van der Waals surface area contributed by atoms with Gasteiger partial charge in [-0.3, -0.25) is 0 Å². The van der Waals surface area contributed by atoms with Crippen molar-refractivity contribution in [2.75, 3.05) is 4.90 Å². The maximum absolute atomic E-state index is 2.42. The smallest absolute Gasteiger partial charge is 0.0541 e. The molecule has 0 fully saturated rings. The van der Waals surface area contributed by atoms with E-state index in [-0.39, 0.29) is 0 Å². The zero-order valence-corrected chi connectivity index (χ0v) is 37.5. The highest BCUT2D eigenvalue weighted by molar-refractivity contribution is 6.10. The molecule has 12 rings (SSSR count). The average molecular weight is 867 g/mol. The Kier molecular flexibility index (Phi) is 10.6. The van der Waals surface area contributed by atoms with Gasteiger partial charge in [-0.15, -0.1) is 0 Å². The second kappa shape index (κ2) is 17.8. The van der Waals surface area contributed by atoms with Crippen LogP contribution >= 0.6 is 0 Å². The Labute approximate surface area is 397 Å². The SMILES string of the molecule is c1ccc(-c2ccc(-c3ccc(N(c4ccc(-c5ccc(-c6ccccc6)cc5)cc4)c4ccc(-c5ccccc5-c5ccccc5-n5c6ccccc6c6ccccc65)cc4)cc3)cc2)cc1. The van der Waals surface area contributed by atoms with E-state index in [0.717, 1.165) is 28.3 Å². The Morgan fingerprint density at radius 1 is 0.206 bits per heavy atom. The second-order valence-electron chi connectivity index (χ2n) is 17.3. The summed E-state index contributed by atoms with van der Waals surface area (Å²) in [6, 6.07) is 101. The maximum Gasteiger partial charge on any atom is 0.0541 e. The Hall–Kier alpha value is -8.98. The summed E-state index contributed by atoms with van der Waals surface area (Å²) in [5.74, 6) is 0. The Morgan fingerprint density at radius 2 is 0.500 bits per heavy atom. The van der Waals surface area contributed by atoms with Crippen LogP contribution in [0.25, 0.3) is 94.3 Å². The van der Waals surface area contributed by atoms with Gasteiger partial charge in [0, 0.05) is 33.4 Å². The molecule has 0 amide bonds. The number of hydrogen-bond donors (Lipinski definition) is 0. The third-order valence-electron chi connectivity index (χ3n) is 13.3. The first kappa shape index (κ1) is 40.5. The molecule has 2 nitrogen and oxygen atoms in total. The maximum atomic E-state index is 2.42. The number of fused-ring (bicyclic) bond motifs is 3. The highest BCUT2D eigenvalue weighted by Gasteiger charge is 2.19. The fraction of sp³-hybridized carbons (Fsp3) is 0. The molecule has 11 aromatic carbocycles. The van der Waals surface area contributed by atoms with Crippen LogP contribution in [0.1, 0.15) is 0 Å². The van der Waals surface area contributed by atoms with Crippen molar-refractivity contribution < 1.29 is 0 Å². The third-order valence-corrected chi connectivity index (χ3v) is 13.3. The lowest BCUT2D eigenvalue weighted by Gasteiger charge is -2.26. The highest BCUT2D eigenvalue weighted by Crippen LogP contribution is 2.42. The molecule has 0 N–H and O–H groups in total. The molecule has 2 heteroatoms. The number of aromatic nitrogens is 1. The van der Waals surface area contributed by atoms with Gasteiger partial charge >= 0.3 is 0 Å². The lowest BCUT2D eigenvalue weighted by atomic mass is 9.93. The van der Waals surface area contributed by atoms with Crippen molar-refractivity contribution in [1.29, 1.82) is 0 Å². The van der Waals surface area contributed by atoms with E-state index in [9.17, 15) is 0 Å². The predicted molar refractivity (Wildman–Crippen MR) is 288 cm³/mol. The van der Waals surface area contributed by atoms with Crippen LogP contribution in [0.3, 0.4) is 0 Å². The summed E-state index contributed by atoms with van der Waals surface area (Å²) in [5.41, 5.74) is 21.1. The first-order valence-electron chi connectivity index (χ1n) is 23.3. The van der Waals surface area contributed by atoms with Crippen LogP contribution in [0.5, 0.6) is 0 Å². The Balaban J connectivity index is 0.903. The predicted octanol–water partition coefficient (Wildman–Crippen LogP) is 18.3. The second-order valence-corrected chi connectivity index (χ2v) is 17.3. The molecule has 68 heavy (non-hydrogen) atoms.